The van der Waals surface area contributed by atoms with Gasteiger partial charge in [-0.15, -0.1) is 0 Å². The van der Waals surface area contributed by atoms with Crippen molar-refractivity contribution < 1.29 is 18.3 Å². The molecule has 1 aliphatic rings. The summed E-state index contributed by atoms with van der Waals surface area (Å²) in [5, 5.41) is 15.0. The predicted molar refractivity (Wildman–Crippen MR) is 75.7 cm³/mol. The van der Waals surface area contributed by atoms with Crippen molar-refractivity contribution in [2.75, 3.05) is 20.1 Å². The van der Waals surface area contributed by atoms with Crippen molar-refractivity contribution in [3.63, 3.8) is 0 Å². The zero-order valence-electron chi connectivity index (χ0n) is 12.1. The third-order valence-corrected chi connectivity index (χ3v) is 5.38. The van der Waals surface area contributed by atoms with E-state index in [0.717, 1.165) is 25.8 Å². The summed E-state index contributed by atoms with van der Waals surface area (Å²) in [4.78, 5) is 12.9. The molecule has 2 rings (SSSR count). The molecule has 1 aliphatic heterocycles. The van der Waals surface area contributed by atoms with Crippen LogP contribution in [0.2, 0.25) is 0 Å². The van der Waals surface area contributed by atoms with E-state index in [-0.39, 0.29) is 23.2 Å². The van der Waals surface area contributed by atoms with E-state index >= 15 is 0 Å². The second-order valence-corrected chi connectivity index (χ2v) is 7.02. The minimum Gasteiger partial charge on any atom is -0.476 e. The standard InChI is InChI=1S/C12H20N4O4S/c1-8-11(10(12(17)18)15-14-8)21(19,20)13-7-9-5-3-4-6-16(9)2/h9,13H,3-7H2,1-2H3,(H,14,15)(H,17,18). The number of piperidine rings is 1. The Morgan fingerprint density at radius 1 is 1.52 bits per heavy atom. The Bertz CT molecular complexity index is 625. The van der Waals surface area contributed by atoms with Crippen LogP contribution in [-0.4, -0.2) is 60.8 Å². The van der Waals surface area contributed by atoms with E-state index in [4.69, 9.17) is 5.11 Å². The molecule has 0 aliphatic carbocycles. The minimum atomic E-state index is -3.90. The van der Waals surface area contributed by atoms with E-state index in [1.54, 1.807) is 0 Å². The summed E-state index contributed by atoms with van der Waals surface area (Å²) >= 11 is 0. The highest BCUT2D eigenvalue weighted by atomic mass is 32.2. The number of aryl methyl sites for hydroxylation is 1. The quantitative estimate of drug-likeness (QED) is 0.713. The van der Waals surface area contributed by atoms with Gasteiger partial charge in [-0.1, -0.05) is 6.42 Å². The average Bonchev–Trinajstić information content (AvgIpc) is 2.81. The maximum absolute atomic E-state index is 12.3. The topological polar surface area (TPSA) is 115 Å². The second-order valence-electron chi connectivity index (χ2n) is 5.31. The highest BCUT2D eigenvalue weighted by Gasteiger charge is 2.29. The van der Waals surface area contributed by atoms with Gasteiger partial charge in [0.25, 0.3) is 0 Å². The first kappa shape index (κ1) is 15.9. The number of aromatic nitrogens is 2. The van der Waals surface area contributed by atoms with Crippen LogP contribution in [0.25, 0.3) is 0 Å². The highest BCUT2D eigenvalue weighted by molar-refractivity contribution is 7.89. The third kappa shape index (κ3) is 3.42. The fourth-order valence-corrected chi connectivity index (χ4v) is 3.97. The van der Waals surface area contributed by atoms with Gasteiger partial charge in [-0.25, -0.2) is 17.9 Å². The van der Waals surface area contributed by atoms with Crippen molar-refractivity contribution in [2.24, 2.45) is 0 Å². The third-order valence-electron chi connectivity index (χ3n) is 3.79. The van der Waals surface area contributed by atoms with Crippen molar-refractivity contribution in [1.82, 2.24) is 19.8 Å². The molecule has 0 spiro atoms. The molecule has 1 aromatic heterocycles. The van der Waals surface area contributed by atoms with Crippen LogP contribution in [0, 0.1) is 6.92 Å². The first-order valence-electron chi connectivity index (χ1n) is 6.81. The number of sulfonamides is 1. The number of H-pyrrole nitrogens is 1. The van der Waals surface area contributed by atoms with Gasteiger partial charge in [0.15, 0.2) is 5.69 Å². The van der Waals surface area contributed by atoms with Gasteiger partial charge in [0.1, 0.15) is 4.90 Å². The molecular formula is C12H20N4O4S. The number of carbonyl (C=O) groups is 1. The lowest BCUT2D eigenvalue weighted by molar-refractivity contribution is 0.0686. The second kappa shape index (κ2) is 6.12. The maximum Gasteiger partial charge on any atom is 0.357 e. The summed E-state index contributed by atoms with van der Waals surface area (Å²) in [7, 11) is -1.94. The lowest BCUT2D eigenvalue weighted by atomic mass is 10.0. The lowest BCUT2D eigenvalue weighted by Crippen LogP contribution is -2.44. The molecule has 8 nitrogen and oxygen atoms in total. The van der Waals surface area contributed by atoms with Gasteiger partial charge >= 0.3 is 5.97 Å². The Morgan fingerprint density at radius 2 is 2.24 bits per heavy atom. The summed E-state index contributed by atoms with van der Waals surface area (Å²) in [6, 6.07) is 0.133. The number of hydrogen-bond donors (Lipinski definition) is 3. The molecule has 0 radical (unpaired) electrons. The number of nitrogens with zero attached hydrogens (tertiary/aromatic N) is 2. The first-order valence-corrected chi connectivity index (χ1v) is 8.29. The monoisotopic (exact) mass is 316 g/mol. The van der Waals surface area contributed by atoms with Gasteiger partial charge in [-0.3, -0.25) is 5.10 Å². The number of likely N-dealkylation sites (tertiary alicyclic amines) is 1. The van der Waals surface area contributed by atoms with Crippen LogP contribution in [-0.2, 0) is 10.0 Å². The molecular weight excluding hydrogens is 296 g/mol. The van der Waals surface area contributed by atoms with Crippen LogP contribution in [0.3, 0.4) is 0 Å². The van der Waals surface area contributed by atoms with E-state index in [9.17, 15) is 13.2 Å². The van der Waals surface area contributed by atoms with Crippen LogP contribution in [0.5, 0.6) is 0 Å². The summed E-state index contributed by atoms with van der Waals surface area (Å²) in [6.45, 7) is 2.70. The SMILES string of the molecule is Cc1[nH]nc(C(=O)O)c1S(=O)(=O)NCC1CCCCN1C. The number of carboxylic acid groups (broad SMARTS) is 1. The van der Waals surface area contributed by atoms with Gasteiger partial charge in [-0.2, -0.15) is 5.10 Å². The normalized spacial score (nSPS) is 20.6. The van der Waals surface area contributed by atoms with E-state index in [1.165, 1.54) is 6.92 Å². The van der Waals surface area contributed by atoms with E-state index in [2.05, 4.69) is 19.8 Å². The Morgan fingerprint density at radius 3 is 2.86 bits per heavy atom. The lowest BCUT2D eigenvalue weighted by Gasteiger charge is -2.32. The van der Waals surface area contributed by atoms with Gasteiger partial charge in [0.05, 0.1) is 5.69 Å². The van der Waals surface area contributed by atoms with Crippen molar-refractivity contribution >= 4 is 16.0 Å². The molecule has 0 bridgehead atoms. The van der Waals surface area contributed by atoms with E-state index < -0.39 is 21.7 Å². The minimum absolute atomic E-state index is 0.133. The molecule has 1 unspecified atom stereocenters. The molecule has 1 fully saturated rings. The average molecular weight is 316 g/mol. The zero-order chi connectivity index (χ0) is 15.6. The molecule has 118 valence electrons. The molecule has 21 heavy (non-hydrogen) atoms. The van der Waals surface area contributed by atoms with Gasteiger partial charge < -0.3 is 10.0 Å². The number of rotatable bonds is 5. The number of nitrogens with one attached hydrogen (secondary N) is 2. The van der Waals surface area contributed by atoms with Crippen LogP contribution >= 0.6 is 0 Å². The molecule has 1 aromatic rings. The van der Waals surface area contributed by atoms with Crippen molar-refractivity contribution in [3.8, 4) is 0 Å². The number of aromatic carboxylic acids is 1. The molecule has 9 heteroatoms. The Balaban J connectivity index is 2.15. The summed E-state index contributed by atoms with van der Waals surface area (Å²) in [5.74, 6) is -1.37. The molecule has 0 saturated carbocycles. The highest BCUT2D eigenvalue weighted by Crippen LogP contribution is 2.19. The fourth-order valence-electron chi connectivity index (χ4n) is 2.57. The molecule has 0 amide bonds. The molecule has 3 N–H and O–H groups in total. The smallest absolute Gasteiger partial charge is 0.357 e. The van der Waals surface area contributed by atoms with Crippen LogP contribution in [0.4, 0.5) is 0 Å². The van der Waals surface area contributed by atoms with Crippen molar-refractivity contribution in [1.29, 1.82) is 0 Å². The summed E-state index contributed by atoms with van der Waals surface area (Å²) in [5.41, 5.74) is -0.256. The molecule has 1 saturated heterocycles. The van der Waals surface area contributed by atoms with E-state index in [0.29, 0.717) is 0 Å². The fraction of sp³-hybridized carbons (Fsp3) is 0.667. The Labute approximate surface area is 123 Å². The first-order chi connectivity index (χ1) is 9.83. The number of likely N-dealkylation sites (N-methyl/N-ethyl adjacent to an activating group) is 1. The molecule has 1 atom stereocenters. The number of aromatic amines is 1. The summed E-state index contributed by atoms with van der Waals surface area (Å²) < 4.78 is 27.2. The zero-order valence-corrected chi connectivity index (χ0v) is 12.9. The van der Waals surface area contributed by atoms with Crippen molar-refractivity contribution in [3.05, 3.63) is 11.4 Å². The van der Waals surface area contributed by atoms with Gasteiger partial charge in [0.2, 0.25) is 10.0 Å². The Hall–Kier alpha value is -1.45. The van der Waals surface area contributed by atoms with E-state index in [1.807, 2.05) is 7.05 Å². The van der Waals surface area contributed by atoms with Gasteiger partial charge in [-0.05, 0) is 33.4 Å². The van der Waals surface area contributed by atoms with Crippen molar-refractivity contribution in [2.45, 2.75) is 37.1 Å². The van der Waals surface area contributed by atoms with Crippen LogP contribution in [0.15, 0.2) is 4.90 Å². The summed E-state index contributed by atoms with van der Waals surface area (Å²) in [6.07, 6.45) is 3.11. The van der Waals surface area contributed by atoms with Crippen LogP contribution in [0.1, 0.15) is 35.4 Å². The maximum atomic E-state index is 12.3. The number of hydrogen-bond acceptors (Lipinski definition) is 5. The largest absolute Gasteiger partial charge is 0.476 e. The number of carboxylic acids is 1. The Kier molecular flexibility index (Phi) is 4.64. The molecule has 2 heterocycles. The van der Waals surface area contributed by atoms with Crippen LogP contribution < -0.4 is 4.72 Å². The molecule has 0 aromatic carbocycles. The predicted octanol–water partition coefficient (Wildman–Crippen LogP) is 0.179. The van der Waals surface area contributed by atoms with Gasteiger partial charge in [0, 0.05) is 12.6 Å².